The molecular formula is C16H13BrN4O. The van der Waals surface area contributed by atoms with Crippen LogP contribution in [0, 0.1) is 6.92 Å². The smallest absolute Gasteiger partial charge is 0.256 e. The number of aryl methyl sites for hydroxylation is 1. The Balaban J connectivity index is 1.74. The Labute approximate surface area is 136 Å². The Kier molecular flexibility index (Phi) is 4.02. The third-order valence-electron chi connectivity index (χ3n) is 3.10. The quantitative estimate of drug-likeness (QED) is 0.779. The molecule has 3 aromatic rings. The average molecular weight is 357 g/mol. The second kappa shape index (κ2) is 6.11. The number of aromatic nitrogens is 3. The maximum absolute atomic E-state index is 12.2. The maximum Gasteiger partial charge on any atom is 0.256 e. The molecule has 22 heavy (non-hydrogen) atoms. The summed E-state index contributed by atoms with van der Waals surface area (Å²) in [6, 6.07) is 10.9. The fourth-order valence-corrected chi connectivity index (χ4v) is 2.22. The number of pyridine rings is 1. The minimum absolute atomic E-state index is 0.190. The summed E-state index contributed by atoms with van der Waals surface area (Å²) in [7, 11) is 0. The molecule has 0 aliphatic rings. The summed E-state index contributed by atoms with van der Waals surface area (Å²) in [6.45, 7) is 1.95. The molecule has 5 nitrogen and oxygen atoms in total. The van der Waals surface area contributed by atoms with Crippen LogP contribution in [0.25, 0.3) is 5.69 Å². The number of rotatable bonds is 3. The third kappa shape index (κ3) is 3.23. The Hall–Kier alpha value is -2.47. The van der Waals surface area contributed by atoms with Crippen molar-refractivity contribution in [3.63, 3.8) is 0 Å². The normalized spacial score (nSPS) is 10.5. The van der Waals surface area contributed by atoms with Crippen molar-refractivity contribution in [1.29, 1.82) is 0 Å². The van der Waals surface area contributed by atoms with Gasteiger partial charge in [0.1, 0.15) is 5.82 Å². The van der Waals surface area contributed by atoms with Crippen LogP contribution in [-0.4, -0.2) is 20.7 Å². The summed E-state index contributed by atoms with van der Waals surface area (Å²) in [5.74, 6) is 0.347. The first-order valence-corrected chi connectivity index (χ1v) is 7.46. The molecule has 3 rings (SSSR count). The van der Waals surface area contributed by atoms with Crippen molar-refractivity contribution in [1.82, 2.24) is 14.8 Å². The molecule has 1 N–H and O–H groups in total. The first-order valence-electron chi connectivity index (χ1n) is 6.66. The molecule has 0 saturated heterocycles. The van der Waals surface area contributed by atoms with Gasteiger partial charge in [0.25, 0.3) is 5.91 Å². The number of carbonyl (C=O) groups is 1. The third-order valence-corrected chi connectivity index (χ3v) is 3.51. The van der Waals surface area contributed by atoms with Crippen molar-refractivity contribution in [3.8, 4) is 5.69 Å². The van der Waals surface area contributed by atoms with Crippen LogP contribution in [0.4, 0.5) is 5.82 Å². The predicted octanol–water partition coefficient (Wildman–Crippen LogP) is 3.59. The van der Waals surface area contributed by atoms with Gasteiger partial charge in [-0.2, -0.15) is 5.10 Å². The monoisotopic (exact) mass is 356 g/mol. The zero-order valence-electron chi connectivity index (χ0n) is 11.8. The molecule has 0 aliphatic carbocycles. The van der Waals surface area contributed by atoms with E-state index >= 15 is 0 Å². The lowest BCUT2D eigenvalue weighted by Gasteiger charge is -2.06. The number of nitrogens with zero attached hydrogens (tertiary/aromatic N) is 3. The van der Waals surface area contributed by atoms with E-state index in [4.69, 9.17) is 0 Å². The number of amides is 1. The average Bonchev–Trinajstić information content (AvgIpc) is 2.96. The van der Waals surface area contributed by atoms with Crippen LogP contribution in [0.2, 0.25) is 0 Å². The molecule has 0 saturated carbocycles. The van der Waals surface area contributed by atoms with Gasteiger partial charge in [-0.1, -0.05) is 6.07 Å². The second-order valence-electron chi connectivity index (χ2n) is 4.82. The number of hydrogen-bond acceptors (Lipinski definition) is 3. The minimum atomic E-state index is -0.190. The second-order valence-corrected chi connectivity index (χ2v) is 5.74. The highest BCUT2D eigenvalue weighted by molar-refractivity contribution is 9.10. The highest BCUT2D eigenvalue weighted by Gasteiger charge is 2.07. The Morgan fingerprint density at radius 2 is 1.91 bits per heavy atom. The highest BCUT2D eigenvalue weighted by atomic mass is 79.9. The van der Waals surface area contributed by atoms with E-state index in [1.165, 1.54) is 0 Å². The lowest BCUT2D eigenvalue weighted by molar-refractivity contribution is 0.102. The van der Waals surface area contributed by atoms with Crippen molar-refractivity contribution in [2.75, 3.05) is 5.32 Å². The van der Waals surface area contributed by atoms with Gasteiger partial charge in [-0.25, -0.2) is 9.67 Å². The van der Waals surface area contributed by atoms with Crippen molar-refractivity contribution in [2.45, 2.75) is 6.92 Å². The fraction of sp³-hybridized carbons (Fsp3) is 0.0625. The van der Waals surface area contributed by atoms with Gasteiger partial charge < -0.3 is 5.32 Å². The molecule has 0 spiro atoms. The zero-order chi connectivity index (χ0) is 15.5. The summed E-state index contributed by atoms with van der Waals surface area (Å²) < 4.78 is 2.63. The molecule has 0 radical (unpaired) electrons. The molecule has 0 bridgehead atoms. The zero-order valence-corrected chi connectivity index (χ0v) is 13.4. The van der Waals surface area contributed by atoms with Crippen LogP contribution in [0.3, 0.4) is 0 Å². The van der Waals surface area contributed by atoms with Gasteiger partial charge in [-0.15, -0.1) is 0 Å². The number of anilines is 1. The van der Waals surface area contributed by atoms with Gasteiger partial charge in [0, 0.05) is 18.0 Å². The SMILES string of the molecule is Cc1ccc(NC(=O)c2ccc(-n3cc(Br)cn3)cc2)nc1. The van der Waals surface area contributed by atoms with Crippen molar-refractivity contribution in [3.05, 3.63) is 70.6 Å². The molecule has 6 heteroatoms. The minimum Gasteiger partial charge on any atom is -0.307 e. The van der Waals surface area contributed by atoms with E-state index in [-0.39, 0.29) is 5.91 Å². The van der Waals surface area contributed by atoms with Crippen LogP contribution in [0.5, 0.6) is 0 Å². The van der Waals surface area contributed by atoms with Crippen molar-refractivity contribution < 1.29 is 4.79 Å². The van der Waals surface area contributed by atoms with E-state index in [0.29, 0.717) is 11.4 Å². The van der Waals surface area contributed by atoms with Crippen molar-refractivity contribution in [2.24, 2.45) is 0 Å². The van der Waals surface area contributed by atoms with Crippen molar-refractivity contribution >= 4 is 27.7 Å². The molecular weight excluding hydrogens is 344 g/mol. The Morgan fingerprint density at radius 1 is 1.14 bits per heavy atom. The number of hydrogen-bond donors (Lipinski definition) is 1. The van der Waals surface area contributed by atoms with Crippen LogP contribution >= 0.6 is 15.9 Å². The van der Waals surface area contributed by atoms with Gasteiger partial charge in [-0.05, 0) is 58.7 Å². The first kappa shape index (κ1) is 14.5. The summed E-state index contributed by atoms with van der Waals surface area (Å²) in [5.41, 5.74) is 2.50. The molecule has 2 aromatic heterocycles. The van der Waals surface area contributed by atoms with Gasteiger partial charge in [0.2, 0.25) is 0 Å². The van der Waals surface area contributed by atoms with Crippen LogP contribution in [0.15, 0.2) is 59.5 Å². The lowest BCUT2D eigenvalue weighted by atomic mass is 10.2. The van der Waals surface area contributed by atoms with E-state index in [1.54, 1.807) is 35.3 Å². The lowest BCUT2D eigenvalue weighted by Crippen LogP contribution is -2.13. The van der Waals surface area contributed by atoms with E-state index in [0.717, 1.165) is 15.7 Å². The number of halogens is 1. The number of carbonyl (C=O) groups excluding carboxylic acids is 1. The summed E-state index contributed by atoms with van der Waals surface area (Å²) >= 11 is 3.35. The van der Waals surface area contributed by atoms with Gasteiger partial charge in [0.05, 0.1) is 16.4 Å². The van der Waals surface area contributed by atoms with E-state index in [9.17, 15) is 4.79 Å². The van der Waals surface area contributed by atoms with E-state index in [1.807, 2.05) is 31.3 Å². The summed E-state index contributed by atoms with van der Waals surface area (Å²) in [4.78, 5) is 16.3. The van der Waals surface area contributed by atoms with Gasteiger partial charge >= 0.3 is 0 Å². The standard InChI is InChI=1S/C16H13BrN4O/c1-11-2-7-15(18-8-11)20-16(22)12-3-5-14(6-4-12)21-10-13(17)9-19-21/h2-10H,1H3,(H,18,20,22). The van der Waals surface area contributed by atoms with E-state index < -0.39 is 0 Å². The largest absolute Gasteiger partial charge is 0.307 e. The predicted molar refractivity (Wildman–Crippen MR) is 88.2 cm³/mol. The molecule has 0 fully saturated rings. The molecule has 1 aromatic carbocycles. The fourth-order valence-electron chi connectivity index (χ4n) is 1.94. The molecule has 110 valence electrons. The Morgan fingerprint density at radius 3 is 2.50 bits per heavy atom. The summed E-state index contributed by atoms with van der Waals surface area (Å²) in [6.07, 6.45) is 5.28. The maximum atomic E-state index is 12.2. The van der Waals surface area contributed by atoms with Gasteiger partial charge in [-0.3, -0.25) is 4.79 Å². The number of benzene rings is 1. The summed E-state index contributed by atoms with van der Waals surface area (Å²) in [5, 5.41) is 6.96. The van der Waals surface area contributed by atoms with Crippen LogP contribution in [-0.2, 0) is 0 Å². The van der Waals surface area contributed by atoms with Crippen LogP contribution < -0.4 is 5.32 Å². The number of nitrogens with one attached hydrogen (secondary N) is 1. The molecule has 2 heterocycles. The Bertz CT molecular complexity index is 794. The highest BCUT2D eigenvalue weighted by Crippen LogP contribution is 2.14. The van der Waals surface area contributed by atoms with E-state index in [2.05, 4.69) is 31.3 Å². The first-order chi connectivity index (χ1) is 10.6. The molecule has 0 atom stereocenters. The molecule has 1 amide bonds. The topological polar surface area (TPSA) is 59.8 Å². The molecule has 0 unspecified atom stereocenters. The van der Waals surface area contributed by atoms with Gasteiger partial charge in [0.15, 0.2) is 0 Å². The van der Waals surface area contributed by atoms with Crippen LogP contribution in [0.1, 0.15) is 15.9 Å². The molecule has 0 aliphatic heterocycles.